The van der Waals surface area contributed by atoms with Crippen LogP contribution in [0.5, 0.6) is 0 Å². The molecule has 0 aliphatic rings. The molecule has 29 heavy (non-hydrogen) atoms. The SMILES string of the molecule is CC[C@H](C)n1cc(/C=c2\sc3nc4cc(C)c(C)cc4n3c2=O)c2ccccc21. The Balaban J connectivity index is 1.77. The largest absolute Gasteiger partial charge is 0.344 e. The van der Waals surface area contributed by atoms with Crippen molar-refractivity contribution in [3.8, 4) is 0 Å². The number of benzene rings is 2. The van der Waals surface area contributed by atoms with Gasteiger partial charge in [-0.05, 0) is 62.6 Å². The Morgan fingerprint density at radius 1 is 1.14 bits per heavy atom. The van der Waals surface area contributed by atoms with Crippen LogP contribution < -0.4 is 10.1 Å². The van der Waals surface area contributed by atoms with E-state index in [0.29, 0.717) is 6.04 Å². The maximum absolute atomic E-state index is 13.2. The zero-order valence-electron chi connectivity index (χ0n) is 17.1. The fourth-order valence-electron chi connectivity index (χ4n) is 3.97. The summed E-state index contributed by atoms with van der Waals surface area (Å²) in [4.78, 5) is 18.7. The Morgan fingerprint density at radius 2 is 1.90 bits per heavy atom. The second-order valence-corrected chi connectivity index (χ2v) is 8.85. The van der Waals surface area contributed by atoms with E-state index in [1.807, 2.05) is 6.08 Å². The monoisotopic (exact) mass is 401 g/mol. The van der Waals surface area contributed by atoms with E-state index in [9.17, 15) is 4.79 Å². The molecule has 146 valence electrons. The van der Waals surface area contributed by atoms with E-state index >= 15 is 0 Å². The third kappa shape index (κ3) is 2.72. The number of imidazole rings is 1. The summed E-state index contributed by atoms with van der Waals surface area (Å²) in [7, 11) is 0. The number of thiazole rings is 1. The highest BCUT2D eigenvalue weighted by Gasteiger charge is 2.14. The molecule has 5 heteroatoms. The number of hydrogen-bond acceptors (Lipinski definition) is 3. The van der Waals surface area contributed by atoms with E-state index in [1.54, 1.807) is 4.40 Å². The minimum Gasteiger partial charge on any atom is -0.344 e. The van der Waals surface area contributed by atoms with Crippen molar-refractivity contribution >= 4 is 44.3 Å². The Hall–Kier alpha value is -2.92. The molecule has 0 unspecified atom stereocenters. The van der Waals surface area contributed by atoms with Crippen LogP contribution in [0.1, 0.15) is 43.0 Å². The maximum atomic E-state index is 13.2. The van der Waals surface area contributed by atoms with Crippen LogP contribution >= 0.6 is 11.3 Å². The van der Waals surface area contributed by atoms with Gasteiger partial charge in [-0.2, -0.15) is 0 Å². The van der Waals surface area contributed by atoms with Gasteiger partial charge in [0.05, 0.1) is 15.6 Å². The molecule has 4 nitrogen and oxygen atoms in total. The van der Waals surface area contributed by atoms with Crippen molar-refractivity contribution < 1.29 is 0 Å². The molecule has 5 rings (SSSR count). The van der Waals surface area contributed by atoms with Crippen molar-refractivity contribution in [3.63, 3.8) is 0 Å². The summed E-state index contributed by atoms with van der Waals surface area (Å²) >= 11 is 1.46. The number of hydrogen-bond donors (Lipinski definition) is 0. The quantitative estimate of drug-likeness (QED) is 0.427. The summed E-state index contributed by atoms with van der Waals surface area (Å²) < 4.78 is 4.79. The van der Waals surface area contributed by atoms with Crippen LogP contribution in [0.15, 0.2) is 47.4 Å². The first-order chi connectivity index (χ1) is 14.0. The van der Waals surface area contributed by atoms with E-state index < -0.39 is 0 Å². The molecule has 1 atom stereocenters. The number of aryl methyl sites for hydroxylation is 2. The Kier molecular flexibility index (Phi) is 4.10. The lowest BCUT2D eigenvalue weighted by atomic mass is 10.1. The van der Waals surface area contributed by atoms with Gasteiger partial charge in [0.25, 0.3) is 5.56 Å². The number of para-hydroxylation sites is 1. The smallest absolute Gasteiger partial charge is 0.274 e. The maximum Gasteiger partial charge on any atom is 0.274 e. The second-order valence-electron chi connectivity index (χ2n) is 7.84. The van der Waals surface area contributed by atoms with E-state index in [1.165, 1.54) is 33.4 Å². The fraction of sp³-hybridized carbons (Fsp3) is 0.250. The van der Waals surface area contributed by atoms with E-state index in [4.69, 9.17) is 4.98 Å². The Morgan fingerprint density at radius 3 is 2.69 bits per heavy atom. The van der Waals surface area contributed by atoms with Gasteiger partial charge in [0.2, 0.25) is 0 Å². The lowest BCUT2D eigenvalue weighted by molar-refractivity contribution is 0.548. The van der Waals surface area contributed by atoms with Gasteiger partial charge >= 0.3 is 0 Å². The lowest BCUT2D eigenvalue weighted by Gasteiger charge is -2.12. The van der Waals surface area contributed by atoms with Crippen LogP contribution in [0.3, 0.4) is 0 Å². The van der Waals surface area contributed by atoms with Gasteiger partial charge in [0.15, 0.2) is 4.96 Å². The van der Waals surface area contributed by atoms with Gasteiger partial charge in [-0.1, -0.05) is 36.5 Å². The summed E-state index contributed by atoms with van der Waals surface area (Å²) in [5.74, 6) is 0. The first kappa shape index (κ1) is 18.1. The molecule has 3 heterocycles. The number of nitrogens with zero attached hydrogens (tertiary/aromatic N) is 3. The van der Waals surface area contributed by atoms with Crippen molar-refractivity contribution in [2.45, 2.75) is 40.2 Å². The van der Waals surface area contributed by atoms with Crippen molar-refractivity contribution in [1.82, 2.24) is 14.0 Å². The molecular weight excluding hydrogens is 378 g/mol. The molecule has 0 aliphatic heterocycles. The molecule has 0 bridgehead atoms. The lowest BCUT2D eigenvalue weighted by Crippen LogP contribution is -2.22. The van der Waals surface area contributed by atoms with Gasteiger partial charge in [0, 0.05) is 28.7 Å². The Bertz CT molecular complexity index is 1500. The third-order valence-corrected chi connectivity index (χ3v) is 6.95. The van der Waals surface area contributed by atoms with Gasteiger partial charge in [0.1, 0.15) is 0 Å². The summed E-state index contributed by atoms with van der Waals surface area (Å²) in [6.45, 7) is 8.57. The molecule has 0 amide bonds. The molecule has 2 aromatic carbocycles. The third-order valence-electron chi connectivity index (χ3n) is 5.98. The van der Waals surface area contributed by atoms with Gasteiger partial charge in [-0.25, -0.2) is 9.38 Å². The molecule has 0 spiro atoms. The van der Waals surface area contributed by atoms with Crippen LogP contribution in [-0.4, -0.2) is 14.0 Å². The first-order valence-electron chi connectivity index (χ1n) is 10.0. The molecule has 3 aromatic heterocycles. The predicted molar refractivity (Wildman–Crippen MR) is 122 cm³/mol. The number of aromatic nitrogens is 3. The number of fused-ring (bicyclic) bond motifs is 4. The van der Waals surface area contributed by atoms with Crippen LogP contribution in [0.4, 0.5) is 0 Å². The van der Waals surface area contributed by atoms with E-state index in [0.717, 1.165) is 32.5 Å². The fourth-order valence-corrected chi connectivity index (χ4v) is 4.95. The summed E-state index contributed by atoms with van der Waals surface area (Å²) in [5.41, 5.74) is 6.45. The zero-order chi connectivity index (χ0) is 20.3. The van der Waals surface area contributed by atoms with Crippen LogP contribution in [-0.2, 0) is 0 Å². The van der Waals surface area contributed by atoms with Gasteiger partial charge in [-0.15, -0.1) is 0 Å². The van der Waals surface area contributed by atoms with E-state index in [2.05, 4.69) is 74.9 Å². The predicted octanol–water partition coefficient (Wildman–Crippen LogP) is 5.00. The van der Waals surface area contributed by atoms with Gasteiger partial charge < -0.3 is 4.57 Å². The zero-order valence-corrected chi connectivity index (χ0v) is 17.9. The first-order valence-corrected chi connectivity index (χ1v) is 10.8. The standard InChI is InChI=1S/C24H23N3OS/c1-5-16(4)26-13-17(18-8-6-7-9-20(18)26)12-22-23(28)27-21-11-15(3)14(2)10-19(21)25-24(27)29-22/h6-13,16H,5H2,1-4H3/b22-12-/t16-/m0/s1. The van der Waals surface area contributed by atoms with Crippen molar-refractivity contribution in [2.24, 2.45) is 0 Å². The van der Waals surface area contributed by atoms with E-state index in [-0.39, 0.29) is 5.56 Å². The molecule has 0 saturated carbocycles. The Labute approximate surface area is 172 Å². The van der Waals surface area contributed by atoms with Gasteiger partial charge in [-0.3, -0.25) is 4.79 Å². The molecule has 0 fully saturated rings. The second kappa shape index (κ2) is 6.56. The molecule has 0 radical (unpaired) electrons. The number of rotatable bonds is 3. The van der Waals surface area contributed by atoms with Crippen molar-refractivity contribution in [3.05, 3.63) is 74.2 Å². The molecule has 0 N–H and O–H groups in total. The summed E-state index contributed by atoms with van der Waals surface area (Å²) in [5, 5.41) is 1.18. The highest BCUT2D eigenvalue weighted by Crippen LogP contribution is 2.27. The minimum absolute atomic E-state index is 0.0103. The highest BCUT2D eigenvalue weighted by atomic mass is 32.1. The molecular formula is C24H23N3OS. The topological polar surface area (TPSA) is 39.3 Å². The average Bonchev–Trinajstić information content (AvgIpc) is 3.34. The van der Waals surface area contributed by atoms with Crippen molar-refractivity contribution in [2.75, 3.05) is 0 Å². The molecule has 0 saturated heterocycles. The van der Waals surface area contributed by atoms with Crippen LogP contribution in [0.2, 0.25) is 0 Å². The normalized spacial score (nSPS) is 13.9. The van der Waals surface area contributed by atoms with Crippen LogP contribution in [0, 0.1) is 13.8 Å². The molecule has 5 aromatic rings. The van der Waals surface area contributed by atoms with Crippen molar-refractivity contribution in [1.29, 1.82) is 0 Å². The van der Waals surface area contributed by atoms with Crippen LogP contribution in [0.25, 0.3) is 33.0 Å². The molecule has 0 aliphatic carbocycles. The average molecular weight is 402 g/mol. The highest BCUT2D eigenvalue weighted by molar-refractivity contribution is 7.15. The summed E-state index contributed by atoms with van der Waals surface area (Å²) in [6, 6.07) is 12.9. The minimum atomic E-state index is 0.0103. The summed E-state index contributed by atoms with van der Waals surface area (Å²) in [6.07, 6.45) is 5.25.